The van der Waals surface area contributed by atoms with Gasteiger partial charge >= 0.3 is 18.2 Å². The molecular formula is C34H38F3N3O7. The lowest BCUT2D eigenvalue weighted by molar-refractivity contribution is -0.591. The van der Waals surface area contributed by atoms with Gasteiger partial charge in [-0.3, -0.25) is 9.59 Å². The van der Waals surface area contributed by atoms with Crippen molar-refractivity contribution in [3.63, 3.8) is 0 Å². The summed E-state index contributed by atoms with van der Waals surface area (Å²) in [7, 11) is 1.24. The number of rotatable bonds is 10. The van der Waals surface area contributed by atoms with E-state index in [4.69, 9.17) is 14.2 Å². The zero-order chi connectivity index (χ0) is 34.4. The molecule has 1 aliphatic rings. The third kappa shape index (κ3) is 9.60. The fourth-order valence-electron chi connectivity index (χ4n) is 5.19. The van der Waals surface area contributed by atoms with Crippen molar-refractivity contribution in [1.29, 1.82) is 0 Å². The summed E-state index contributed by atoms with van der Waals surface area (Å²) in [6.45, 7) is 5.70. The lowest BCUT2D eigenvalue weighted by atomic mass is 9.94. The van der Waals surface area contributed by atoms with Gasteiger partial charge in [0.2, 0.25) is 5.91 Å². The van der Waals surface area contributed by atoms with Gasteiger partial charge in [-0.05, 0) is 74.2 Å². The van der Waals surface area contributed by atoms with Crippen molar-refractivity contribution in [3.05, 3.63) is 94.3 Å². The summed E-state index contributed by atoms with van der Waals surface area (Å²) in [6.07, 6.45) is -3.38. The summed E-state index contributed by atoms with van der Waals surface area (Å²) < 4.78 is 56.1. The Kier molecular flexibility index (Phi) is 11.0. The molecule has 2 aromatic carbocycles. The number of anilines is 1. The Hall–Kier alpha value is -4.81. The van der Waals surface area contributed by atoms with Crippen molar-refractivity contribution in [2.24, 2.45) is 5.92 Å². The van der Waals surface area contributed by atoms with Crippen LogP contribution >= 0.6 is 0 Å². The summed E-state index contributed by atoms with van der Waals surface area (Å²) in [6, 6.07) is 14.7. The van der Waals surface area contributed by atoms with Crippen LogP contribution in [0.3, 0.4) is 0 Å². The van der Waals surface area contributed by atoms with Gasteiger partial charge in [0, 0.05) is 25.6 Å². The predicted octanol–water partition coefficient (Wildman–Crippen LogP) is 5.81. The first-order valence-corrected chi connectivity index (χ1v) is 15.1. The maximum Gasteiger partial charge on any atom is 0.507 e. The Morgan fingerprint density at radius 3 is 2.40 bits per heavy atom. The second kappa shape index (κ2) is 14.7. The van der Waals surface area contributed by atoms with Gasteiger partial charge < -0.3 is 24.3 Å². The molecule has 1 atom stereocenters. The van der Waals surface area contributed by atoms with Crippen molar-refractivity contribution in [2.45, 2.75) is 64.9 Å². The Bertz CT molecular complexity index is 1570. The minimum absolute atomic E-state index is 0.0405. The van der Waals surface area contributed by atoms with Crippen molar-refractivity contribution in [2.75, 3.05) is 25.2 Å². The lowest BCUT2D eigenvalue weighted by Crippen LogP contribution is -2.44. The van der Waals surface area contributed by atoms with Gasteiger partial charge in [0.05, 0.1) is 37.8 Å². The molecule has 3 aromatic rings. The molecule has 2 amide bonds. The first-order valence-electron chi connectivity index (χ1n) is 15.1. The van der Waals surface area contributed by atoms with E-state index in [1.807, 2.05) is 6.07 Å². The van der Waals surface area contributed by atoms with E-state index in [1.165, 1.54) is 41.3 Å². The van der Waals surface area contributed by atoms with Crippen LogP contribution in [-0.4, -0.2) is 48.7 Å². The zero-order valence-corrected chi connectivity index (χ0v) is 26.7. The summed E-state index contributed by atoms with van der Waals surface area (Å²) in [5.41, 5.74) is 0.543. The molecule has 252 valence electrons. The second-order valence-corrected chi connectivity index (χ2v) is 12.2. The van der Waals surface area contributed by atoms with Crippen LogP contribution in [0, 0.1) is 11.1 Å². The Morgan fingerprint density at radius 2 is 1.77 bits per heavy atom. The number of fused-ring (bicyclic) bond motifs is 1. The fraction of sp³-hybridized carbons (Fsp3) is 0.412. The minimum Gasteiger partial charge on any atom is -0.711 e. The molecule has 0 unspecified atom stereocenters. The number of benzene rings is 2. The van der Waals surface area contributed by atoms with Crippen LogP contribution < -0.4 is 14.4 Å². The van der Waals surface area contributed by atoms with Crippen LogP contribution in [0.15, 0.2) is 66.9 Å². The lowest BCUT2D eigenvalue weighted by Gasteiger charge is -2.24. The van der Waals surface area contributed by atoms with Gasteiger partial charge in [-0.15, -0.1) is 0 Å². The highest BCUT2D eigenvalue weighted by Crippen LogP contribution is 2.31. The van der Waals surface area contributed by atoms with Crippen molar-refractivity contribution >= 4 is 23.8 Å². The molecule has 0 saturated carbocycles. The van der Waals surface area contributed by atoms with Crippen LogP contribution in [0.5, 0.6) is 5.75 Å². The SMILES string of the molecule is COC(=O)C[C@@H]1Cc2ccc(OCCCN(C(=O)OC(C)(C)C)c3cccc[n+]3[O-])cc2CN(Cc2ccc(C(F)(F)F)cc2)C1=O. The van der Waals surface area contributed by atoms with Crippen LogP contribution in [0.25, 0.3) is 0 Å². The average molecular weight is 658 g/mol. The number of alkyl halides is 3. The van der Waals surface area contributed by atoms with E-state index in [0.717, 1.165) is 23.3 Å². The van der Waals surface area contributed by atoms with Gasteiger partial charge in [0.15, 0.2) is 0 Å². The van der Waals surface area contributed by atoms with E-state index < -0.39 is 35.3 Å². The van der Waals surface area contributed by atoms with Gasteiger partial charge in [-0.25, -0.2) is 4.73 Å². The highest BCUT2D eigenvalue weighted by atomic mass is 19.4. The largest absolute Gasteiger partial charge is 0.711 e. The van der Waals surface area contributed by atoms with Crippen LogP contribution in [0.2, 0.25) is 0 Å². The number of pyridine rings is 1. The van der Waals surface area contributed by atoms with Crippen molar-refractivity contribution < 1.29 is 46.5 Å². The zero-order valence-electron chi connectivity index (χ0n) is 26.7. The molecule has 0 aliphatic carbocycles. The number of carbonyl (C=O) groups excluding carboxylic acids is 3. The minimum atomic E-state index is -4.48. The van der Waals surface area contributed by atoms with E-state index >= 15 is 0 Å². The Balaban J connectivity index is 1.49. The number of ether oxygens (including phenoxy) is 3. The van der Waals surface area contributed by atoms with Crippen molar-refractivity contribution in [1.82, 2.24) is 4.90 Å². The first kappa shape index (κ1) is 35.1. The molecule has 4 rings (SSSR count). The number of carbonyl (C=O) groups is 3. The number of esters is 1. The molecule has 0 saturated heterocycles. The number of halogens is 3. The predicted molar refractivity (Wildman–Crippen MR) is 165 cm³/mol. The first-order chi connectivity index (χ1) is 22.1. The molecular weight excluding hydrogens is 619 g/mol. The molecule has 0 spiro atoms. The Labute approximate surface area is 271 Å². The second-order valence-electron chi connectivity index (χ2n) is 12.2. The molecule has 13 heteroatoms. The molecule has 0 bridgehead atoms. The molecule has 0 N–H and O–H groups in total. The maximum absolute atomic E-state index is 13.6. The van der Waals surface area contributed by atoms with E-state index in [9.17, 15) is 32.8 Å². The van der Waals surface area contributed by atoms with Crippen LogP contribution in [-0.2, 0) is 44.7 Å². The van der Waals surface area contributed by atoms with Gasteiger partial charge in [-0.2, -0.15) is 22.9 Å². The fourth-order valence-corrected chi connectivity index (χ4v) is 5.19. The highest BCUT2D eigenvalue weighted by Gasteiger charge is 2.34. The van der Waals surface area contributed by atoms with E-state index in [2.05, 4.69) is 0 Å². The van der Waals surface area contributed by atoms with Crippen molar-refractivity contribution in [3.8, 4) is 5.75 Å². The molecule has 47 heavy (non-hydrogen) atoms. The number of amides is 2. The highest BCUT2D eigenvalue weighted by molar-refractivity contribution is 5.86. The van der Waals surface area contributed by atoms with E-state index in [-0.39, 0.29) is 50.8 Å². The summed E-state index contributed by atoms with van der Waals surface area (Å²) in [5, 5.41) is 12.4. The summed E-state index contributed by atoms with van der Waals surface area (Å²) in [5.74, 6) is -0.955. The summed E-state index contributed by atoms with van der Waals surface area (Å²) in [4.78, 5) is 41.4. The normalized spacial score (nSPS) is 15.0. The summed E-state index contributed by atoms with van der Waals surface area (Å²) >= 11 is 0. The number of aromatic nitrogens is 1. The Morgan fingerprint density at radius 1 is 1.04 bits per heavy atom. The van der Waals surface area contributed by atoms with E-state index in [1.54, 1.807) is 45.0 Å². The van der Waals surface area contributed by atoms with E-state index in [0.29, 0.717) is 22.5 Å². The van der Waals surface area contributed by atoms with Crippen LogP contribution in [0.1, 0.15) is 55.9 Å². The smallest absolute Gasteiger partial charge is 0.507 e. The molecule has 0 fully saturated rings. The van der Waals surface area contributed by atoms with Gasteiger partial charge in [0.1, 0.15) is 17.9 Å². The maximum atomic E-state index is 13.6. The molecule has 1 aliphatic heterocycles. The number of methoxy groups -OCH3 is 1. The quantitative estimate of drug-likeness (QED) is 0.117. The topological polar surface area (TPSA) is 112 Å². The third-order valence-electron chi connectivity index (χ3n) is 7.45. The van der Waals surface area contributed by atoms with Crippen LogP contribution in [0.4, 0.5) is 23.8 Å². The molecule has 0 radical (unpaired) electrons. The average Bonchev–Trinajstić information content (AvgIpc) is 3.12. The number of hydrogen-bond donors (Lipinski definition) is 0. The monoisotopic (exact) mass is 657 g/mol. The number of hydrogen-bond acceptors (Lipinski definition) is 7. The molecule has 1 aromatic heterocycles. The number of nitrogens with zero attached hydrogens (tertiary/aromatic N) is 3. The van der Waals surface area contributed by atoms with Gasteiger partial charge in [-0.1, -0.05) is 24.3 Å². The molecule has 2 heterocycles. The standard InChI is InChI=1S/C34H38F3N3O7/c1-33(2,3)47-32(43)39(29-8-5-6-16-40(29)44)15-7-17-46-28-14-11-24-18-25(20-30(41)45-4)31(42)38(22-26(24)19-28)21-23-9-12-27(13-10-23)34(35,36)37/h5-6,8-14,16,19,25H,7,15,17-18,20-22H2,1-4H3/t25-/m0/s1. The van der Waals surface area contributed by atoms with Gasteiger partial charge in [0.25, 0.3) is 5.82 Å². The third-order valence-corrected chi connectivity index (χ3v) is 7.45. The molecule has 10 nitrogen and oxygen atoms in total.